The van der Waals surface area contributed by atoms with Crippen LogP contribution in [0.1, 0.15) is 168 Å². The van der Waals surface area contributed by atoms with Crippen LogP contribution in [0.4, 0.5) is 0 Å². The molecule has 0 amide bonds. The van der Waals surface area contributed by atoms with E-state index in [1.807, 2.05) is 0 Å². The summed E-state index contributed by atoms with van der Waals surface area (Å²) in [6.45, 7) is 5.69. The third kappa shape index (κ3) is 33.5. The number of unbranched alkanes of at least 4 members (excludes halogenated alkanes) is 18. The fourth-order valence-corrected chi connectivity index (χ4v) is 4.96. The van der Waals surface area contributed by atoms with E-state index in [2.05, 4.69) is 62.5 Å². The van der Waals surface area contributed by atoms with Crippen LogP contribution in [0.25, 0.3) is 0 Å². The molecular weight excluding hydrogens is 530 g/mol. The number of aliphatic hydroxyl groups is 1. The van der Waals surface area contributed by atoms with Crippen molar-refractivity contribution in [1.82, 2.24) is 0 Å². The predicted molar refractivity (Wildman–Crippen MR) is 189 cm³/mol. The maximum absolute atomic E-state index is 9.49. The number of aliphatic hydroxyl groups excluding tert-OH is 1. The number of allylic oxidation sites excluding steroid dienone is 8. The minimum absolute atomic E-state index is 0.113. The average molecular weight is 604 g/mol. The summed E-state index contributed by atoms with van der Waals surface area (Å²) in [7, 11) is 0. The van der Waals surface area contributed by atoms with Gasteiger partial charge in [0.2, 0.25) is 0 Å². The number of ether oxygens (including phenoxy) is 2. The Morgan fingerprint density at radius 1 is 0.465 bits per heavy atom. The maximum Gasteiger partial charge on any atom is 0.174 e. The van der Waals surface area contributed by atoms with Crippen molar-refractivity contribution in [3.8, 4) is 0 Å². The van der Waals surface area contributed by atoms with Gasteiger partial charge >= 0.3 is 0 Å². The Morgan fingerprint density at radius 3 is 1.14 bits per heavy atom. The highest BCUT2D eigenvalue weighted by Crippen LogP contribution is 2.12. The smallest absolute Gasteiger partial charge is 0.174 e. The molecule has 0 bridgehead atoms. The van der Waals surface area contributed by atoms with Crippen LogP contribution >= 0.6 is 0 Å². The van der Waals surface area contributed by atoms with Gasteiger partial charge in [0.15, 0.2) is 6.29 Å². The van der Waals surface area contributed by atoms with Gasteiger partial charge in [0, 0.05) is 13.2 Å². The Morgan fingerprint density at radius 2 is 0.791 bits per heavy atom. The molecule has 0 aliphatic carbocycles. The van der Waals surface area contributed by atoms with Gasteiger partial charge in [-0.3, -0.25) is 0 Å². The van der Waals surface area contributed by atoms with Crippen LogP contribution in [0, 0.1) is 0 Å². The van der Waals surface area contributed by atoms with E-state index in [1.54, 1.807) is 0 Å². The molecule has 0 aromatic heterocycles. The van der Waals surface area contributed by atoms with Gasteiger partial charge in [-0.15, -0.1) is 0 Å². The Kier molecular flexibility index (Phi) is 36.0. The number of hydrogen-bond donors (Lipinski definition) is 2. The third-order valence-electron chi connectivity index (χ3n) is 7.81. The zero-order valence-corrected chi connectivity index (χ0v) is 28.7. The summed E-state index contributed by atoms with van der Waals surface area (Å²) >= 11 is 0. The van der Waals surface area contributed by atoms with Gasteiger partial charge in [-0.2, -0.15) is 0 Å². The zero-order chi connectivity index (χ0) is 31.3. The van der Waals surface area contributed by atoms with Crippen molar-refractivity contribution >= 4 is 0 Å². The van der Waals surface area contributed by atoms with Crippen LogP contribution in [-0.2, 0) is 9.47 Å². The molecule has 0 radical (unpaired) electrons. The summed E-state index contributed by atoms with van der Waals surface area (Å²) < 4.78 is 11.8. The highest BCUT2D eigenvalue weighted by atomic mass is 16.7. The van der Waals surface area contributed by atoms with E-state index < -0.39 is 12.3 Å². The molecule has 1 atom stereocenters. The number of hydrogen-bond acceptors (Lipinski definition) is 4. The number of rotatable bonds is 34. The molecule has 0 aliphatic rings. The van der Waals surface area contributed by atoms with E-state index in [-0.39, 0.29) is 6.61 Å². The lowest BCUT2D eigenvalue weighted by Crippen LogP contribution is -2.42. The quantitative estimate of drug-likeness (QED) is 0.0436. The average Bonchev–Trinajstić information content (AvgIpc) is 3.02. The van der Waals surface area contributed by atoms with E-state index in [0.29, 0.717) is 13.2 Å². The molecule has 0 rings (SSSR count). The van der Waals surface area contributed by atoms with Gasteiger partial charge in [0.05, 0.1) is 12.6 Å². The van der Waals surface area contributed by atoms with Crippen molar-refractivity contribution in [2.75, 3.05) is 19.8 Å². The van der Waals surface area contributed by atoms with E-state index in [9.17, 15) is 5.11 Å². The van der Waals surface area contributed by atoms with Crippen LogP contribution in [0.5, 0.6) is 0 Å². The Bertz CT molecular complexity index is 592. The van der Waals surface area contributed by atoms with Crippen LogP contribution in [0.3, 0.4) is 0 Å². The van der Waals surface area contributed by atoms with Gasteiger partial charge in [-0.1, -0.05) is 140 Å². The van der Waals surface area contributed by atoms with Crippen molar-refractivity contribution < 1.29 is 14.6 Å². The minimum Gasteiger partial charge on any atom is -0.395 e. The van der Waals surface area contributed by atoms with Gasteiger partial charge in [-0.05, 0) is 77.0 Å². The first-order chi connectivity index (χ1) is 21.3. The molecule has 3 N–H and O–H groups in total. The van der Waals surface area contributed by atoms with Crippen molar-refractivity contribution in [3.05, 3.63) is 48.6 Å². The normalized spacial score (nSPS) is 13.2. The van der Waals surface area contributed by atoms with Crippen LogP contribution in [-0.4, -0.2) is 37.3 Å². The van der Waals surface area contributed by atoms with E-state index in [1.165, 1.54) is 128 Å². The molecule has 43 heavy (non-hydrogen) atoms. The SMILES string of the molecule is CCCCC/C=C\C/C=C\CCCCCCCCOC(OCCCCCCCC/C=C\C/C=C\CCCCC)C(N)CO. The highest BCUT2D eigenvalue weighted by Gasteiger charge is 2.18. The first kappa shape index (κ1) is 41.8. The van der Waals surface area contributed by atoms with Gasteiger partial charge in [0.1, 0.15) is 0 Å². The fourth-order valence-electron chi connectivity index (χ4n) is 4.96. The first-order valence-corrected chi connectivity index (χ1v) is 18.5. The van der Waals surface area contributed by atoms with E-state index in [0.717, 1.165) is 25.7 Å². The summed E-state index contributed by atoms with van der Waals surface area (Å²) in [4.78, 5) is 0. The molecule has 0 saturated carbocycles. The second kappa shape index (κ2) is 37.0. The second-order valence-corrected chi connectivity index (χ2v) is 12.1. The lowest BCUT2D eigenvalue weighted by molar-refractivity contribution is -0.160. The summed E-state index contributed by atoms with van der Waals surface area (Å²) in [5.74, 6) is 0. The molecule has 0 aliphatic heterocycles. The highest BCUT2D eigenvalue weighted by molar-refractivity contribution is 4.93. The first-order valence-electron chi connectivity index (χ1n) is 18.5. The molecule has 0 saturated heterocycles. The van der Waals surface area contributed by atoms with E-state index >= 15 is 0 Å². The molecule has 4 nitrogen and oxygen atoms in total. The van der Waals surface area contributed by atoms with Gasteiger partial charge < -0.3 is 20.3 Å². The maximum atomic E-state index is 9.49. The van der Waals surface area contributed by atoms with Crippen molar-refractivity contribution in [2.45, 2.75) is 180 Å². The number of nitrogens with two attached hydrogens (primary N) is 1. The van der Waals surface area contributed by atoms with E-state index in [4.69, 9.17) is 15.2 Å². The van der Waals surface area contributed by atoms with Crippen LogP contribution in [0.15, 0.2) is 48.6 Å². The Hall–Kier alpha value is -1.20. The van der Waals surface area contributed by atoms with Crippen LogP contribution < -0.4 is 5.73 Å². The van der Waals surface area contributed by atoms with Gasteiger partial charge in [-0.25, -0.2) is 0 Å². The molecule has 0 spiro atoms. The molecular formula is C39H73NO3. The standard InChI is InChI=1S/C39H73NO3/c1-3-5-7-9-11-13-15-17-19-21-23-25-27-29-31-33-35-42-39(38(40)37-41)43-36-34-32-30-28-26-24-22-20-18-16-14-12-10-8-6-4-2/h11-14,17-20,38-39,41H,3-10,15-16,21-37,40H2,1-2H3/b13-11-,14-12-,19-17-,20-18-. The zero-order valence-electron chi connectivity index (χ0n) is 28.7. The Balaban J connectivity index is 3.61. The lowest BCUT2D eigenvalue weighted by atomic mass is 10.1. The summed E-state index contributed by atoms with van der Waals surface area (Å²) in [5.41, 5.74) is 6.04. The Labute approximate surface area is 268 Å². The summed E-state index contributed by atoms with van der Waals surface area (Å²) in [6, 6.07) is -0.478. The van der Waals surface area contributed by atoms with Gasteiger partial charge in [0.25, 0.3) is 0 Å². The topological polar surface area (TPSA) is 64.7 Å². The third-order valence-corrected chi connectivity index (χ3v) is 7.81. The minimum atomic E-state index is -0.499. The monoisotopic (exact) mass is 604 g/mol. The van der Waals surface area contributed by atoms with Crippen molar-refractivity contribution in [2.24, 2.45) is 5.73 Å². The molecule has 0 aromatic carbocycles. The van der Waals surface area contributed by atoms with Crippen molar-refractivity contribution in [3.63, 3.8) is 0 Å². The largest absolute Gasteiger partial charge is 0.395 e. The molecule has 4 heteroatoms. The second-order valence-electron chi connectivity index (χ2n) is 12.1. The molecule has 0 heterocycles. The predicted octanol–water partition coefficient (Wildman–Crippen LogP) is 11.3. The molecule has 252 valence electrons. The molecule has 0 aromatic rings. The summed E-state index contributed by atoms with van der Waals surface area (Å²) in [5, 5.41) is 9.49. The molecule has 1 unspecified atom stereocenters. The van der Waals surface area contributed by atoms with Crippen LogP contribution in [0.2, 0.25) is 0 Å². The van der Waals surface area contributed by atoms with Crippen molar-refractivity contribution in [1.29, 1.82) is 0 Å². The summed E-state index contributed by atoms with van der Waals surface area (Å²) in [6.07, 6.45) is 47.6. The molecule has 0 fully saturated rings. The fraction of sp³-hybridized carbons (Fsp3) is 0.795. The lowest BCUT2D eigenvalue weighted by Gasteiger charge is -2.23.